The van der Waals surface area contributed by atoms with Crippen LogP contribution >= 0.6 is 0 Å². The van der Waals surface area contributed by atoms with E-state index in [1.54, 1.807) is 6.20 Å². The normalized spacial score (nSPS) is 12.8. The van der Waals surface area contributed by atoms with Gasteiger partial charge in [-0.25, -0.2) is 0 Å². The minimum absolute atomic E-state index is 0.0349. The van der Waals surface area contributed by atoms with Gasteiger partial charge < -0.3 is 15.6 Å². The summed E-state index contributed by atoms with van der Waals surface area (Å²) in [7, 11) is 0. The van der Waals surface area contributed by atoms with Crippen molar-refractivity contribution in [1.82, 2.24) is 20.6 Å². The summed E-state index contributed by atoms with van der Waals surface area (Å²) < 4.78 is 0. The lowest BCUT2D eigenvalue weighted by molar-refractivity contribution is -0.116. The maximum Gasteiger partial charge on any atom is 0.253 e. The Balaban J connectivity index is 1.62. The average Bonchev–Trinajstić information content (AvgIpc) is 3.18. The molecule has 0 fully saturated rings. The lowest BCUT2D eigenvalue weighted by Crippen LogP contribution is -2.31. The van der Waals surface area contributed by atoms with E-state index < -0.39 is 0 Å². The van der Waals surface area contributed by atoms with Gasteiger partial charge in [-0.3, -0.25) is 14.6 Å². The fraction of sp³-hybridized carbons (Fsp3) is 0.136. The molecule has 6 heteroatoms. The van der Waals surface area contributed by atoms with Gasteiger partial charge >= 0.3 is 0 Å². The Bertz CT molecular complexity index is 1070. The molecule has 2 aromatic heterocycles. The second kappa shape index (κ2) is 7.52. The fourth-order valence-electron chi connectivity index (χ4n) is 3.31. The first-order chi connectivity index (χ1) is 13.6. The van der Waals surface area contributed by atoms with Crippen LogP contribution in [0.25, 0.3) is 22.5 Å². The van der Waals surface area contributed by atoms with Crippen molar-refractivity contribution < 1.29 is 9.59 Å². The van der Waals surface area contributed by atoms with Crippen molar-refractivity contribution >= 4 is 11.8 Å². The largest absolute Gasteiger partial charge is 0.358 e. The molecule has 3 heterocycles. The second-order valence-electron chi connectivity index (χ2n) is 6.63. The van der Waals surface area contributed by atoms with E-state index in [0.717, 1.165) is 40.2 Å². The van der Waals surface area contributed by atoms with Crippen LogP contribution in [0, 0.1) is 0 Å². The predicted octanol–water partition coefficient (Wildman–Crippen LogP) is 2.83. The molecule has 0 radical (unpaired) electrons. The first kappa shape index (κ1) is 17.7. The van der Waals surface area contributed by atoms with Gasteiger partial charge in [-0.05, 0) is 35.9 Å². The topological polar surface area (TPSA) is 86.9 Å². The van der Waals surface area contributed by atoms with E-state index in [1.807, 2.05) is 42.5 Å². The number of hydrogen-bond acceptors (Lipinski definition) is 3. The SMILES string of the molecule is C=CC(=O)NCc1cccc(-c2cc(-c3cc4c([nH]3)CCNC4=O)ccn2)c1. The summed E-state index contributed by atoms with van der Waals surface area (Å²) in [6, 6.07) is 13.7. The van der Waals surface area contributed by atoms with Gasteiger partial charge in [0.1, 0.15) is 0 Å². The molecule has 0 spiro atoms. The molecular formula is C22H20N4O2. The molecule has 3 aromatic rings. The molecule has 6 nitrogen and oxygen atoms in total. The van der Waals surface area contributed by atoms with Crippen LogP contribution < -0.4 is 10.6 Å². The zero-order valence-corrected chi connectivity index (χ0v) is 15.3. The van der Waals surface area contributed by atoms with E-state index in [4.69, 9.17) is 0 Å². The number of hydrogen-bond donors (Lipinski definition) is 3. The summed E-state index contributed by atoms with van der Waals surface area (Å²) in [5.41, 5.74) is 6.31. The van der Waals surface area contributed by atoms with Crippen LogP contribution in [0.4, 0.5) is 0 Å². The zero-order chi connectivity index (χ0) is 19.5. The Morgan fingerprint density at radius 2 is 2.11 bits per heavy atom. The molecule has 1 aliphatic heterocycles. The summed E-state index contributed by atoms with van der Waals surface area (Å²) in [5.74, 6) is -0.238. The molecule has 28 heavy (non-hydrogen) atoms. The molecule has 0 aliphatic carbocycles. The van der Waals surface area contributed by atoms with Gasteiger partial charge in [0, 0.05) is 48.2 Å². The molecular weight excluding hydrogens is 352 g/mol. The number of rotatable bonds is 5. The number of amides is 2. The van der Waals surface area contributed by atoms with Gasteiger partial charge in [-0.2, -0.15) is 0 Å². The van der Waals surface area contributed by atoms with E-state index >= 15 is 0 Å². The lowest BCUT2D eigenvalue weighted by Gasteiger charge is -2.11. The van der Waals surface area contributed by atoms with Gasteiger partial charge in [0.05, 0.1) is 11.3 Å². The van der Waals surface area contributed by atoms with Gasteiger partial charge in [0.2, 0.25) is 5.91 Å². The van der Waals surface area contributed by atoms with Crippen LogP contribution in [0.5, 0.6) is 0 Å². The Morgan fingerprint density at radius 3 is 2.93 bits per heavy atom. The summed E-state index contributed by atoms with van der Waals surface area (Å²) in [5, 5.41) is 5.64. The third kappa shape index (κ3) is 3.57. The number of nitrogens with one attached hydrogen (secondary N) is 3. The molecule has 0 saturated heterocycles. The highest BCUT2D eigenvalue weighted by atomic mass is 16.2. The van der Waals surface area contributed by atoms with Crippen LogP contribution in [-0.4, -0.2) is 28.3 Å². The van der Waals surface area contributed by atoms with E-state index in [9.17, 15) is 9.59 Å². The van der Waals surface area contributed by atoms with Crippen LogP contribution in [0.15, 0.2) is 61.3 Å². The summed E-state index contributed by atoms with van der Waals surface area (Å²) >= 11 is 0. The summed E-state index contributed by atoms with van der Waals surface area (Å²) in [6.45, 7) is 4.54. The molecule has 1 aromatic carbocycles. The molecule has 2 amide bonds. The number of fused-ring (bicyclic) bond motifs is 1. The summed E-state index contributed by atoms with van der Waals surface area (Å²) in [4.78, 5) is 31.2. The summed E-state index contributed by atoms with van der Waals surface area (Å²) in [6.07, 6.45) is 3.82. The number of carbonyl (C=O) groups excluding carboxylic acids is 2. The van der Waals surface area contributed by atoms with Gasteiger partial charge in [0.25, 0.3) is 5.91 Å². The van der Waals surface area contributed by atoms with Crippen LogP contribution in [0.3, 0.4) is 0 Å². The van der Waals surface area contributed by atoms with Gasteiger partial charge in [-0.15, -0.1) is 0 Å². The van der Waals surface area contributed by atoms with Crippen LogP contribution in [-0.2, 0) is 17.8 Å². The third-order valence-corrected chi connectivity index (χ3v) is 4.75. The molecule has 0 atom stereocenters. The fourth-order valence-corrected chi connectivity index (χ4v) is 3.31. The monoisotopic (exact) mass is 372 g/mol. The number of aromatic nitrogens is 2. The highest BCUT2D eigenvalue weighted by molar-refractivity contribution is 5.97. The highest BCUT2D eigenvalue weighted by Crippen LogP contribution is 2.27. The number of carbonyl (C=O) groups is 2. The molecule has 3 N–H and O–H groups in total. The minimum atomic E-state index is -0.203. The van der Waals surface area contributed by atoms with Gasteiger partial charge in [0.15, 0.2) is 0 Å². The molecule has 4 rings (SSSR count). The molecule has 0 bridgehead atoms. The molecule has 1 aliphatic rings. The first-order valence-electron chi connectivity index (χ1n) is 9.10. The molecule has 140 valence electrons. The Labute approximate surface area is 162 Å². The molecule has 0 saturated carbocycles. The zero-order valence-electron chi connectivity index (χ0n) is 15.3. The van der Waals surface area contributed by atoms with E-state index in [-0.39, 0.29) is 11.8 Å². The maximum absolute atomic E-state index is 12.0. The molecule has 0 unspecified atom stereocenters. The van der Waals surface area contributed by atoms with E-state index in [2.05, 4.69) is 27.2 Å². The number of nitrogens with zero attached hydrogens (tertiary/aromatic N) is 1. The number of H-pyrrole nitrogens is 1. The third-order valence-electron chi connectivity index (χ3n) is 4.75. The second-order valence-corrected chi connectivity index (χ2v) is 6.63. The Morgan fingerprint density at radius 1 is 1.21 bits per heavy atom. The Kier molecular flexibility index (Phi) is 4.76. The first-order valence-corrected chi connectivity index (χ1v) is 9.10. The number of benzene rings is 1. The smallest absolute Gasteiger partial charge is 0.253 e. The van der Waals surface area contributed by atoms with Crippen molar-refractivity contribution in [3.05, 3.63) is 78.1 Å². The van der Waals surface area contributed by atoms with Crippen molar-refractivity contribution in [3.8, 4) is 22.5 Å². The minimum Gasteiger partial charge on any atom is -0.358 e. The highest BCUT2D eigenvalue weighted by Gasteiger charge is 2.20. The van der Waals surface area contributed by atoms with Crippen molar-refractivity contribution in [2.24, 2.45) is 0 Å². The predicted molar refractivity (Wildman–Crippen MR) is 108 cm³/mol. The number of pyridine rings is 1. The van der Waals surface area contributed by atoms with Crippen LogP contribution in [0.2, 0.25) is 0 Å². The van der Waals surface area contributed by atoms with Crippen molar-refractivity contribution in [2.45, 2.75) is 13.0 Å². The van der Waals surface area contributed by atoms with Crippen molar-refractivity contribution in [1.29, 1.82) is 0 Å². The van der Waals surface area contributed by atoms with Crippen molar-refractivity contribution in [3.63, 3.8) is 0 Å². The van der Waals surface area contributed by atoms with Gasteiger partial charge in [-0.1, -0.05) is 24.8 Å². The van der Waals surface area contributed by atoms with E-state index in [0.29, 0.717) is 18.7 Å². The maximum atomic E-state index is 12.0. The Hall–Kier alpha value is -3.67. The van der Waals surface area contributed by atoms with E-state index in [1.165, 1.54) is 6.08 Å². The quantitative estimate of drug-likeness (QED) is 0.602. The average molecular weight is 372 g/mol. The van der Waals surface area contributed by atoms with Crippen molar-refractivity contribution in [2.75, 3.05) is 6.54 Å². The standard InChI is InChI=1S/C22H20N4O2/c1-2-21(27)25-13-14-4-3-5-15(10-14)19-11-16(6-8-23-19)20-12-17-18(26-20)7-9-24-22(17)28/h2-6,8,10-12,26H,1,7,9,13H2,(H,24,28)(H,25,27). The number of aromatic amines is 1. The lowest BCUT2D eigenvalue weighted by atomic mass is 10.0. The van der Waals surface area contributed by atoms with Crippen LogP contribution in [0.1, 0.15) is 21.6 Å².